The fraction of sp³-hybridized carbons (Fsp3) is 0.632. The van der Waals surface area contributed by atoms with Crippen molar-refractivity contribution in [2.24, 2.45) is 5.92 Å². The molecule has 3 rings (SSSR count). The molecule has 24 heavy (non-hydrogen) atoms. The van der Waals surface area contributed by atoms with Gasteiger partial charge in [-0.05, 0) is 56.9 Å². The molecule has 0 radical (unpaired) electrons. The van der Waals surface area contributed by atoms with E-state index < -0.39 is 0 Å². The van der Waals surface area contributed by atoms with Crippen LogP contribution in [0, 0.1) is 5.92 Å². The summed E-state index contributed by atoms with van der Waals surface area (Å²) < 4.78 is 5.78. The van der Waals surface area contributed by atoms with Gasteiger partial charge in [-0.2, -0.15) is 0 Å². The van der Waals surface area contributed by atoms with Gasteiger partial charge in [-0.25, -0.2) is 4.79 Å². The van der Waals surface area contributed by atoms with Crippen LogP contribution in [0.3, 0.4) is 0 Å². The van der Waals surface area contributed by atoms with E-state index in [4.69, 9.17) is 4.74 Å². The number of piperidine rings is 1. The summed E-state index contributed by atoms with van der Waals surface area (Å²) in [6.07, 6.45) is 2.68. The maximum Gasteiger partial charge on any atom is 0.321 e. The van der Waals surface area contributed by atoms with Crippen LogP contribution in [0.15, 0.2) is 24.3 Å². The molecular weight excluding hydrogens is 302 g/mol. The third kappa shape index (κ3) is 4.20. The lowest BCUT2D eigenvalue weighted by molar-refractivity contribution is -0.00521. The van der Waals surface area contributed by atoms with Crippen LogP contribution in [0.1, 0.15) is 33.6 Å². The lowest BCUT2D eigenvalue weighted by Gasteiger charge is -2.37. The Morgan fingerprint density at radius 2 is 1.62 bits per heavy atom. The summed E-state index contributed by atoms with van der Waals surface area (Å²) in [7, 11) is 0. The molecule has 0 unspecified atom stereocenters. The third-order valence-electron chi connectivity index (χ3n) is 4.97. The standard InChI is InChI=1S/C19H29N3O2/c1-14-8-10-21(11-9-14)19(23)20-17-4-6-18(7-5-17)22-12-15(2)24-16(3)13-22/h4-7,14-16H,8-13H2,1-3H3,(H,20,23)/t15-,16-/m1/s1. The second-order valence-corrected chi connectivity index (χ2v) is 7.31. The van der Waals surface area contributed by atoms with E-state index in [9.17, 15) is 4.79 Å². The van der Waals surface area contributed by atoms with Gasteiger partial charge in [0.05, 0.1) is 12.2 Å². The predicted molar refractivity (Wildman–Crippen MR) is 97.7 cm³/mol. The minimum Gasteiger partial charge on any atom is -0.372 e. The van der Waals surface area contributed by atoms with Gasteiger partial charge in [0.2, 0.25) is 0 Å². The van der Waals surface area contributed by atoms with E-state index >= 15 is 0 Å². The molecule has 0 bridgehead atoms. The molecular formula is C19H29N3O2. The molecule has 1 aromatic rings. The van der Waals surface area contributed by atoms with Crippen molar-refractivity contribution in [2.45, 2.75) is 45.8 Å². The van der Waals surface area contributed by atoms with Gasteiger partial charge >= 0.3 is 6.03 Å². The predicted octanol–water partition coefficient (Wildman–Crippen LogP) is 3.56. The number of urea groups is 1. The van der Waals surface area contributed by atoms with Crippen molar-refractivity contribution in [1.82, 2.24) is 4.90 Å². The zero-order valence-electron chi connectivity index (χ0n) is 15.0. The summed E-state index contributed by atoms with van der Waals surface area (Å²) >= 11 is 0. The first-order valence-corrected chi connectivity index (χ1v) is 9.07. The lowest BCUT2D eigenvalue weighted by Crippen LogP contribution is -2.45. The van der Waals surface area contributed by atoms with Crippen molar-refractivity contribution < 1.29 is 9.53 Å². The van der Waals surface area contributed by atoms with E-state index in [0.717, 1.165) is 50.6 Å². The number of nitrogens with one attached hydrogen (secondary N) is 1. The van der Waals surface area contributed by atoms with Gasteiger partial charge in [0.25, 0.3) is 0 Å². The Balaban J connectivity index is 1.57. The van der Waals surface area contributed by atoms with Crippen LogP contribution in [0.4, 0.5) is 16.2 Å². The highest BCUT2D eigenvalue weighted by Gasteiger charge is 2.23. The van der Waals surface area contributed by atoms with Crippen LogP contribution in [0.2, 0.25) is 0 Å². The molecule has 2 fully saturated rings. The Morgan fingerprint density at radius 3 is 2.21 bits per heavy atom. The van der Waals surface area contributed by atoms with Gasteiger partial charge in [0.1, 0.15) is 0 Å². The third-order valence-corrected chi connectivity index (χ3v) is 4.97. The van der Waals surface area contributed by atoms with Crippen LogP contribution in [-0.4, -0.2) is 49.3 Å². The maximum absolute atomic E-state index is 12.3. The first-order chi connectivity index (χ1) is 11.5. The molecule has 1 N–H and O–H groups in total. The molecule has 2 amide bonds. The Morgan fingerprint density at radius 1 is 1.04 bits per heavy atom. The Kier molecular flexibility index (Phi) is 5.29. The van der Waals surface area contributed by atoms with Crippen molar-refractivity contribution in [3.8, 4) is 0 Å². The number of anilines is 2. The number of benzene rings is 1. The molecule has 5 nitrogen and oxygen atoms in total. The van der Waals surface area contributed by atoms with Gasteiger partial charge < -0.3 is 19.9 Å². The summed E-state index contributed by atoms with van der Waals surface area (Å²) in [5.74, 6) is 0.728. The summed E-state index contributed by atoms with van der Waals surface area (Å²) in [5, 5.41) is 3.02. The monoisotopic (exact) mass is 331 g/mol. The molecule has 0 aromatic heterocycles. The van der Waals surface area contributed by atoms with Gasteiger partial charge in [-0.3, -0.25) is 0 Å². The van der Waals surface area contributed by atoms with E-state index in [-0.39, 0.29) is 18.2 Å². The van der Waals surface area contributed by atoms with Crippen LogP contribution in [0.5, 0.6) is 0 Å². The Hall–Kier alpha value is -1.75. The van der Waals surface area contributed by atoms with E-state index in [1.54, 1.807) is 0 Å². The SMILES string of the molecule is CC1CCN(C(=O)Nc2ccc(N3C[C@@H](C)O[C@H](C)C3)cc2)CC1. The number of amides is 2. The number of ether oxygens (including phenoxy) is 1. The first-order valence-electron chi connectivity index (χ1n) is 9.07. The van der Waals surface area contributed by atoms with E-state index in [2.05, 4.69) is 43.1 Å². The van der Waals surface area contributed by atoms with E-state index in [1.165, 1.54) is 5.69 Å². The molecule has 132 valence electrons. The fourth-order valence-corrected chi connectivity index (χ4v) is 3.56. The van der Waals surface area contributed by atoms with Crippen LogP contribution < -0.4 is 10.2 Å². The van der Waals surface area contributed by atoms with Crippen LogP contribution in [-0.2, 0) is 4.74 Å². The molecule has 2 saturated heterocycles. The quantitative estimate of drug-likeness (QED) is 0.901. The second-order valence-electron chi connectivity index (χ2n) is 7.31. The fourth-order valence-electron chi connectivity index (χ4n) is 3.56. The average Bonchev–Trinajstić information content (AvgIpc) is 2.55. The summed E-state index contributed by atoms with van der Waals surface area (Å²) in [6, 6.07) is 8.16. The van der Waals surface area contributed by atoms with Crippen LogP contribution >= 0.6 is 0 Å². The molecule has 2 heterocycles. The van der Waals surface area contributed by atoms with Gasteiger partial charge in [0.15, 0.2) is 0 Å². The van der Waals surface area contributed by atoms with E-state index in [1.807, 2.05) is 17.0 Å². The van der Waals surface area contributed by atoms with Gasteiger partial charge in [0, 0.05) is 37.6 Å². The molecule has 0 saturated carbocycles. The molecule has 2 aliphatic rings. The summed E-state index contributed by atoms with van der Waals surface area (Å²) in [4.78, 5) is 16.6. The minimum absolute atomic E-state index is 0.0169. The number of carbonyl (C=O) groups is 1. The topological polar surface area (TPSA) is 44.8 Å². The molecule has 0 spiro atoms. The van der Waals surface area contributed by atoms with Crippen molar-refractivity contribution in [1.29, 1.82) is 0 Å². The average molecular weight is 331 g/mol. The van der Waals surface area contributed by atoms with E-state index in [0.29, 0.717) is 0 Å². The van der Waals surface area contributed by atoms with Crippen molar-refractivity contribution in [3.05, 3.63) is 24.3 Å². The molecule has 5 heteroatoms. The van der Waals surface area contributed by atoms with Crippen molar-refractivity contribution in [2.75, 3.05) is 36.4 Å². The summed E-state index contributed by atoms with van der Waals surface area (Å²) in [6.45, 7) is 9.99. The Labute approximate surface area is 145 Å². The highest BCUT2D eigenvalue weighted by atomic mass is 16.5. The molecule has 2 atom stereocenters. The zero-order valence-corrected chi connectivity index (χ0v) is 15.0. The number of nitrogens with zero attached hydrogens (tertiary/aromatic N) is 2. The number of likely N-dealkylation sites (tertiary alicyclic amines) is 1. The summed E-state index contributed by atoms with van der Waals surface area (Å²) in [5.41, 5.74) is 2.04. The molecule has 1 aromatic carbocycles. The largest absolute Gasteiger partial charge is 0.372 e. The number of morpholine rings is 1. The minimum atomic E-state index is 0.0169. The molecule has 0 aliphatic carbocycles. The first kappa shape index (κ1) is 17.1. The zero-order chi connectivity index (χ0) is 17.1. The van der Waals surface area contributed by atoms with Crippen LogP contribution in [0.25, 0.3) is 0 Å². The number of hydrogen-bond acceptors (Lipinski definition) is 3. The lowest BCUT2D eigenvalue weighted by atomic mass is 10.00. The number of hydrogen-bond donors (Lipinski definition) is 1. The molecule has 2 aliphatic heterocycles. The van der Waals surface area contributed by atoms with Gasteiger partial charge in [-0.15, -0.1) is 0 Å². The second kappa shape index (κ2) is 7.43. The highest BCUT2D eigenvalue weighted by Crippen LogP contribution is 2.23. The smallest absolute Gasteiger partial charge is 0.321 e. The number of rotatable bonds is 2. The van der Waals surface area contributed by atoms with Gasteiger partial charge in [-0.1, -0.05) is 6.92 Å². The van der Waals surface area contributed by atoms with Crippen molar-refractivity contribution >= 4 is 17.4 Å². The van der Waals surface area contributed by atoms with Crippen molar-refractivity contribution in [3.63, 3.8) is 0 Å². The number of carbonyl (C=O) groups excluding carboxylic acids is 1. The maximum atomic E-state index is 12.3. The Bertz CT molecular complexity index is 542. The highest BCUT2D eigenvalue weighted by molar-refractivity contribution is 5.89. The normalized spacial score (nSPS) is 25.6.